The van der Waals surface area contributed by atoms with Crippen LogP contribution in [0.3, 0.4) is 0 Å². The number of hydrogen-bond donors (Lipinski definition) is 1. The van der Waals surface area contributed by atoms with Crippen molar-refractivity contribution in [1.29, 1.82) is 0 Å². The summed E-state index contributed by atoms with van der Waals surface area (Å²) < 4.78 is 1.78. The molecule has 0 spiro atoms. The van der Waals surface area contributed by atoms with Crippen molar-refractivity contribution in [3.05, 3.63) is 59.9 Å². The average molecular weight is 349 g/mol. The van der Waals surface area contributed by atoms with Crippen LogP contribution in [0.5, 0.6) is 0 Å². The summed E-state index contributed by atoms with van der Waals surface area (Å²) in [5.74, 6) is 0.749. The second kappa shape index (κ2) is 6.78. The van der Waals surface area contributed by atoms with Crippen LogP contribution in [0.25, 0.3) is 11.1 Å². The predicted molar refractivity (Wildman–Crippen MR) is 99.8 cm³/mol. The maximum atomic E-state index is 12.8. The Hall–Kier alpha value is -2.89. The van der Waals surface area contributed by atoms with Gasteiger partial charge in [0.25, 0.3) is 5.91 Å². The zero-order chi connectivity index (χ0) is 18.1. The second-order valence-corrected chi connectivity index (χ2v) is 7.02. The van der Waals surface area contributed by atoms with Crippen molar-refractivity contribution in [1.82, 2.24) is 24.6 Å². The molecule has 0 unspecified atom stereocenters. The molecule has 1 aromatic carbocycles. The smallest absolute Gasteiger partial charge is 0.289 e. The Balaban J connectivity index is 1.57. The highest BCUT2D eigenvalue weighted by Crippen LogP contribution is 2.33. The molecule has 3 heterocycles. The molecule has 1 atom stereocenters. The van der Waals surface area contributed by atoms with E-state index in [1.54, 1.807) is 17.0 Å². The van der Waals surface area contributed by atoms with E-state index in [0.717, 1.165) is 36.2 Å². The molecule has 1 aliphatic heterocycles. The molecule has 26 heavy (non-hydrogen) atoms. The monoisotopic (exact) mass is 349 g/mol. The first-order chi connectivity index (χ1) is 12.6. The summed E-state index contributed by atoms with van der Waals surface area (Å²) in [7, 11) is 1.85. The van der Waals surface area contributed by atoms with Gasteiger partial charge in [-0.15, -0.1) is 0 Å². The van der Waals surface area contributed by atoms with E-state index >= 15 is 0 Å². The van der Waals surface area contributed by atoms with Crippen LogP contribution < -0.4 is 0 Å². The third-order valence-electron chi connectivity index (χ3n) is 5.16. The molecule has 1 fully saturated rings. The largest absolute Gasteiger partial charge is 0.335 e. The van der Waals surface area contributed by atoms with E-state index in [-0.39, 0.29) is 11.8 Å². The molecular weight excluding hydrogens is 326 g/mol. The lowest BCUT2D eigenvalue weighted by Gasteiger charge is -2.32. The minimum absolute atomic E-state index is 0.00130. The molecule has 0 aliphatic carbocycles. The van der Waals surface area contributed by atoms with Crippen molar-refractivity contribution in [2.24, 2.45) is 7.05 Å². The number of benzene rings is 1. The molecule has 6 nitrogen and oxygen atoms in total. The number of hydrogen-bond acceptors (Lipinski definition) is 3. The Morgan fingerprint density at radius 3 is 2.81 bits per heavy atom. The first-order valence-corrected chi connectivity index (χ1v) is 9.00. The molecule has 1 amide bonds. The Kier molecular flexibility index (Phi) is 4.32. The van der Waals surface area contributed by atoms with E-state index in [4.69, 9.17) is 0 Å². The average Bonchev–Trinajstić information content (AvgIpc) is 3.31. The number of likely N-dealkylation sites (tertiary alicyclic amines) is 1. The van der Waals surface area contributed by atoms with Gasteiger partial charge in [-0.2, -0.15) is 5.10 Å². The van der Waals surface area contributed by atoms with Gasteiger partial charge in [0.15, 0.2) is 5.82 Å². The lowest BCUT2D eigenvalue weighted by molar-refractivity contribution is 0.0690. The van der Waals surface area contributed by atoms with Crippen LogP contribution in [0.4, 0.5) is 0 Å². The fraction of sp³-hybridized carbons (Fsp3) is 0.350. The number of aromatic nitrogens is 4. The van der Waals surface area contributed by atoms with Gasteiger partial charge in [-0.05, 0) is 25.3 Å². The molecule has 1 aliphatic rings. The van der Waals surface area contributed by atoms with Gasteiger partial charge in [0, 0.05) is 49.7 Å². The summed E-state index contributed by atoms with van der Waals surface area (Å²) >= 11 is 0. The molecule has 134 valence electrons. The maximum Gasteiger partial charge on any atom is 0.289 e. The number of carbonyl (C=O) groups is 1. The molecule has 0 saturated carbocycles. The zero-order valence-electron chi connectivity index (χ0n) is 15.1. The number of aryl methyl sites for hydroxylation is 2. The zero-order valence-corrected chi connectivity index (χ0v) is 15.1. The van der Waals surface area contributed by atoms with Gasteiger partial charge in [0.2, 0.25) is 0 Å². The Morgan fingerprint density at radius 2 is 2.08 bits per heavy atom. The highest BCUT2D eigenvalue weighted by atomic mass is 16.2. The molecule has 2 aromatic heterocycles. The van der Waals surface area contributed by atoms with Crippen molar-refractivity contribution in [3.8, 4) is 11.1 Å². The number of imidazole rings is 1. The third-order valence-corrected chi connectivity index (χ3v) is 5.16. The van der Waals surface area contributed by atoms with Gasteiger partial charge in [-0.1, -0.05) is 29.8 Å². The van der Waals surface area contributed by atoms with E-state index in [0.29, 0.717) is 12.4 Å². The lowest BCUT2D eigenvalue weighted by Crippen LogP contribution is -2.40. The SMILES string of the molecule is Cc1ccc(-c2cn[nH]c2[C@H]2CCCN(C(=O)c3nccn3C)C2)cc1. The van der Waals surface area contributed by atoms with E-state index in [1.165, 1.54) is 5.56 Å². The molecule has 4 rings (SSSR count). The predicted octanol–water partition coefficient (Wildman–Crippen LogP) is 3.14. The number of aromatic amines is 1. The number of nitrogens with one attached hydrogen (secondary N) is 1. The van der Waals surface area contributed by atoms with Crippen molar-refractivity contribution in [3.63, 3.8) is 0 Å². The number of amides is 1. The Bertz CT molecular complexity index is 908. The normalized spacial score (nSPS) is 17.5. The van der Waals surface area contributed by atoms with Crippen LogP contribution in [0, 0.1) is 6.92 Å². The van der Waals surface area contributed by atoms with Gasteiger partial charge in [-0.3, -0.25) is 9.89 Å². The van der Waals surface area contributed by atoms with E-state index in [9.17, 15) is 4.79 Å². The lowest BCUT2D eigenvalue weighted by atomic mass is 9.90. The van der Waals surface area contributed by atoms with Crippen LogP contribution in [-0.4, -0.2) is 43.6 Å². The summed E-state index contributed by atoms with van der Waals surface area (Å²) in [6.07, 6.45) is 7.39. The molecule has 1 N–H and O–H groups in total. The molecule has 3 aromatic rings. The standard InChI is InChI=1S/C20H23N5O/c1-14-5-7-15(8-6-14)17-12-22-23-18(17)16-4-3-10-25(13-16)20(26)19-21-9-11-24(19)2/h5-9,11-12,16H,3-4,10,13H2,1-2H3,(H,22,23)/t16-/m0/s1. The Labute approximate surface area is 152 Å². The first-order valence-electron chi connectivity index (χ1n) is 9.00. The Morgan fingerprint density at radius 1 is 1.27 bits per heavy atom. The minimum atomic E-state index is -0.00130. The second-order valence-electron chi connectivity index (χ2n) is 7.02. The molecular formula is C20H23N5O. The van der Waals surface area contributed by atoms with Crippen LogP contribution >= 0.6 is 0 Å². The number of carbonyl (C=O) groups excluding carboxylic acids is 1. The fourth-order valence-corrected chi connectivity index (χ4v) is 3.68. The maximum absolute atomic E-state index is 12.8. The van der Waals surface area contributed by atoms with E-state index < -0.39 is 0 Å². The van der Waals surface area contributed by atoms with E-state index in [2.05, 4.69) is 46.4 Å². The summed E-state index contributed by atoms with van der Waals surface area (Å²) in [4.78, 5) is 18.9. The molecule has 0 bridgehead atoms. The van der Waals surface area contributed by atoms with Crippen molar-refractivity contribution in [2.45, 2.75) is 25.7 Å². The van der Waals surface area contributed by atoms with Crippen LogP contribution in [0.2, 0.25) is 0 Å². The van der Waals surface area contributed by atoms with Gasteiger partial charge in [0.1, 0.15) is 0 Å². The van der Waals surface area contributed by atoms with E-state index in [1.807, 2.05) is 18.1 Å². The third kappa shape index (κ3) is 3.03. The summed E-state index contributed by atoms with van der Waals surface area (Å²) in [5.41, 5.74) is 4.64. The fourth-order valence-electron chi connectivity index (χ4n) is 3.68. The van der Waals surface area contributed by atoms with Crippen LogP contribution in [0.1, 0.15) is 40.6 Å². The quantitative estimate of drug-likeness (QED) is 0.790. The number of nitrogens with zero attached hydrogens (tertiary/aromatic N) is 4. The number of rotatable bonds is 3. The van der Waals surface area contributed by atoms with Crippen molar-refractivity contribution >= 4 is 5.91 Å². The van der Waals surface area contributed by atoms with Gasteiger partial charge in [-0.25, -0.2) is 4.98 Å². The topological polar surface area (TPSA) is 66.8 Å². The van der Waals surface area contributed by atoms with Gasteiger partial charge in [0.05, 0.1) is 6.20 Å². The molecule has 6 heteroatoms. The molecule has 0 radical (unpaired) electrons. The summed E-state index contributed by atoms with van der Waals surface area (Å²) in [5, 5.41) is 7.47. The summed E-state index contributed by atoms with van der Waals surface area (Å²) in [6, 6.07) is 8.49. The minimum Gasteiger partial charge on any atom is -0.335 e. The molecule has 1 saturated heterocycles. The van der Waals surface area contributed by atoms with Crippen molar-refractivity contribution < 1.29 is 4.79 Å². The number of H-pyrrole nitrogens is 1. The van der Waals surface area contributed by atoms with Gasteiger partial charge >= 0.3 is 0 Å². The van der Waals surface area contributed by atoms with Crippen molar-refractivity contribution in [2.75, 3.05) is 13.1 Å². The summed E-state index contributed by atoms with van der Waals surface area (Å²) in [6.45, 7) is 3.55. The van der Waals surface area contributed by atoms with Gasteiger partial charge < -0.3 is 9.47 Å². The van der Waals surface area contributed by atoms with Crippen LogP contribution in [-0.2, 0) is 7.05 Å². The highest BCUT2D eigenvalue weighted by Gasteiger charge is 2.29. The first kappa shape index (κ1) is 16.6. The van der Waals surface area contributed by atoms with Crippen LogP contribution in [0.15, 0.2) is 42.9 Å². The number of piperidine rings is 1. The highest BCUT2D eigenvalue weighted by molar-refractivity contribution is 5.91.